The average Bonchev–Trinajstić information content (AvgIpc) is 2.63. The third kappa shape index (κ3) is 6.00. The maximum atomic E-state index is 12.8. The van der Waals surface area contributed by atoms with Crippen LogP contribution in [0.3, 0.4) is 0 Å². The van der Waals surface area contributed by atoms with Gasteiger partial charge in [0.15, 0.2) is 0 Å². The quantitative estimate of drug-likeness (QED) is 0.595. The van der Waals surface area contributed by atoms with Gasteiger partial charge in [-0.25, -0.2) is 8.42 Å². The van der Waals surface area contributed by atoms with E-state index in [1.807, 2.05) is 0 Å². The summed E-state index contributed by atoms with van der Waals surface area (Å²) >= 11 is 11.8. The van der Waals surface area contributed by atoms with Crippen molar-refractivity contribution < 1.29 is 31.1 Å². The molecule has 0 aliphatic carbocycles. The number of ether oxygens (including phenoxy) is 1. The minimum atomic E-state index is -4.63. The number of nitrogens with one attached hydrogen (secondary N) is 2. The molecule has 0 heterocycles. The van der Waals surface area contributed by atoms with Crippen LogP contribution >= 0.6 is 23.2 Å². The van der Waals surface area contributed by atoms with E-state index in [0.717, 1.165) is 18.2 Å². The van der Waals surface area contributed by atoms with Crippen molar-refractivity contribution in [2.24, 2.45) is 0 Å². The summed E-state index contributed by atoms with van der Waals surface area (Å²) in [7, 11) is -4.16. The monoisotopic (exact) mass is 484 g/mol. The van der Waals surface area contributed by atoms with Crippen LogP contribution in [-0.4, -0.2) is 27.0 Å². The molecule has 6 nitrogen and oxygen atoms in total. The molecule has 2 N–H and O–H groups in total. The molecule has 2 aromatic carbocycles. The number of hydrogen-bond donors (Lipinski definition) is 2. The molecular weight excluding hydrogens is 468 g/mol. The van der Waals surface area contributed by atoms with Gasteiger partial charge in [0, 0.05) is 0 Å². The number of carbonyl (C=O) groups is 1. The summed E-state index contributed by atoms with van der Waals surface area (Å²) in [5, 5.41) is 2.12. The lowest BCUT2D eigenvalue weighted by Gasteiger charge is -2.16. The summed E-state index contributed by atoms with van der Waals surface area (Å²) in [6.45, 7) is 3.30. The molecule has 2 rings (SSSR count). The molecule has 0 unspecified atom stereocenters. The molecule has 0 saturated carbocycles. The van der Waals surface area contributed by atoms with Gasteiger partial charge in [0.05, 0.1) is 38.8 Å². The van der Waals surface area contributed by atoms with Crippen molar-refractivity contribution in [1.29, 1.82) is 0 Å². The molecule has 2 aromatic rings. The van der Waals surface area contributed by atoms with Crippen molar-refractivity contribution in [3.63, 3.8) is 0 Å². The Kier molecular flexibility index (Phi) is 7.62. The molecule has 0 saturated heterocycles. The average molecular weight is 485 g/mol. The highest BCUT2D eigenvalue weighted by molar-refractivity contribution is 7.89. The molecule has 0 radical (unpaired) electrons. The van der Waals surface area contributed by atoms with Gasteiger partial charge in [0.2, 0.25) is 15.9 Å². The number of hydrogen-bond acceptors (Lipinski definition) is 4. The minimum absolute atomic E-state index is 0.0626. The van der Waals surface area contributed by atoms with Crippen LogP contribution in [0, 0.1) is 0 Å². The molecule has 12 heteroatoms. The molecule has 164 valence electrons. The molecule has 0 aromatic heterocycles. The van der Waals surface area contributed by atoms with E-state index in [-0.39, 0.29) is 20.6 Å². The highest BCUT2D eigenvalue weighted by Crippen LogP contribution is 2.34. The van der Waals surface area contributed by atoms with Crippen LogP contribution in [-0.2, 0) is 21.0 Å². The van der Waals surface area contributed by atoms with Crippen molar-refractivity contribution in [3.8, 4) is 5.75 Å². The first-order chi connectivity index (χ1) is 13.8. The van der Waals surface area contributed by atoms with Gasteiger partial charge in [0.1, 0.15) is 5.75 Å². The van der Waals surface area contributed by atoms with E-state index in [4.69, 9.17) is 27.9 Å². The first-order valence-electron chi connectivity index (χ1n) is 8.47. The number of alkyl halides is 3. The van der Waals surface area contributed by atoms with E-state index in [0.29, 0.717) is 18.4 Å². The standard InChI is InChI=1S/C18H17Cl2F3N2O4S/c1-3-29-16-7-5-12(9-14(16)20)30(27,28)25-10(2)17(26)24-15-8-11(18(21,22)23)4-6-13(15)19/h4-10,25H,3H2,1-2H3,(H,24,26)/t10-/m1/s1. The molecule has 1 amide bonds. The Labute approximate surface area is 181 Å². The molecule has 0 spiro atoms. The summed E-state index contributed by atoms with van der Waals surface area (Å²) < 4.78 is 70.9. The fraction of sp³-hybridized carbons (Fsp3) is 0.278. The number of amides is 1. The van der Waals surface area contributed by atoms with Gasteiger partial charge in [-0.2, -0.15) is 17.9 Å². The van der Waals surface area contributed by atoms with Crippen molar-refractivity contribution in [2.45, 2.75) is 31.0 Å². The van der Waals surface area contributed by atoms with Crippen LogP contribution in [0.2, 0.25) is 10.0 Å². The second-order valence-electron chi connectivity index (χ2n) is 6.05. The first-order valence-corrected chi connectivity index (χ1v) is 10.7. The lowest BCUT2D eigenvalue weighted by Crippen LogP contribution is -2.41. The normalized spacial score (nSPS) is 13.0. The van der Waals surface area contributed by atoms with E-state index >= 15 is 0 Å². The van der Waals surface area contributed by atoms with Crippen molar-refractivity contribution in [1.82, 2.24) is 4.72 Å². The van der Waals surface area contributed by atoms with E-state index in [1.165, 1.54) is 19.1 Å². The summed E-state index contributed by atoms with van der Waals surface area (Å²) in [5.74, 6) is -0.611. The summed E-state index contributed by atoms with van der Waals surface area (Å²) in [6.07, 6.45) is -4.63. The van der Waals surface area contributed by atoms with Gasteiger partial charge in [0.25, 0.3) is 0 Å². The second kappa shape index (κ2) is 9.42. The SMILES string of the molecule is CCOc1ccc(S(=O)(=O)N[C@H](C)C(=O)Nc2cc(C(F)(F)F)ccc2Cl)cc1Cl. The molecular formula is C18H17Cl2F3N2O4S. The van der Waals surface area contributed by atoms with E-state index in [1.54, 1.807) is 6.92 Å². The van der Waals surface area contributed by atoms with Gasteiger partial charge in [-0.05, 0) is 50.2 Å². The van der Waals surface area contributed by atoms with Crippen LogP contribution in [0.25, 0.3) is 0 Å². The number of sulfonamides is 1. The van der Waals surface area contributed by atoms with Crippen molar-refractivity contribution in [3.05, 3.63) is 52.0 Å². The van der Waals surface area contributed by atoms with E-state index in [9.17, 15) is 26.4 Å². The zero-order chi connectivity index (χ0) is 22.7. The van der Waals surface area contributed by atoms with Gasteiger partial charge in [-0.1, -0.05) is 23.2 Å². The third-order valence-electron chi connectivity index (χ3n) is 3.79. The maximum absolute atomic E-state index is 12.8. The third-order valence-corrected chi connectivity index (χ3v) is 5.95. The van der Waals surface area contributed by atoms with Crippen LogP contribution in [0.15, 0.2) is 41.3 Å². The van der Waals surface area contributed by atoms with Gasteiger partial charge >= 0.3 is 6.18 Å². The zero-order valence-corrected chi connectivity index (χ0v) is 18.0. The van der Waals surface area contributed by atoms with Gasteiger partial charge in [-0.3, -0.25) is 4.79 Å². The highest BCUT2D eigenvalue weighted by atomic mass is 35.5. The zero-order valence-electron chi connectivity index (χ0n) is 15.7. The minimum Gasteiger partial charge on any atom is -0.492 e. The topological polar surface area (TPSA) is 84.5 Å². The van der Waals surface area contributed by atoms with E-state index in [2.05, 4.69) is 10.0 Å². The molecule has 30 heavy (non-hydrogen) atoms. The largest absolute Gasteiger partial charge is 0.492 e. The molecule has 0 fully saturated rings. The molecule has 0 aliphatic rings. The predicted octanol–water partition coefficient (Wildman–Crippen LogP) is 4.72. The van der Waals surface area contributed by atoms with Gasteiger partial charge in [-0.15, -0.1) is 0 Å². The first kappa shape index (κ1) is 24.3. The number of carbonyl (C=O) groups excluding carboxylic acids is 1. The Morgan fingerprint density at radius 1 is 1.13 bits per heavy atom. The fourth-order valence-corrected chi connectivity index (χ4v) is 4.01. The fourth-order valence-electron chi connectivity index (χ4n) is 2.31. The van der Waals surface area contributed by atoms with Crippen molar-refractivity contribution >= 4 is 44.8 Å². The van der Waals surface area contributed by atoms with Crippen molar-refractivity contribution in [2.75, 3.05) is 11.9 Å². The predicted molar refractivity (Wildman–Crippen MR) is 107 cm³/mol. The Balaban J connectivity index is 2.16. The summed E-state index contributed by atoms with van der Waals surface area (Å²) in [6, 6.07) is 4.85. The van der Waals surface area contributed by atoms with Crippen LogP contribution in [0.1, 0.15) is 19.4 Å². The number of halogens is 5. The Bertz CT molecular complexity index is 1050. The number of benzene rings is 2. The molecule has 0 bridgehead atoms. The molecule has 1 atom stereocenters. The maximum Gasteiger partial charge on any atom is 0.416 e. The second-order valence-corrected chi connectivity index (χ2v) is 8.58. The highest BCUT2D eigenvalue weighted by Gasteiger charge is 2.31. The van der Waals surface area contributed by atoms with E-state index < -0.39 is 33.7 Å². The summed E-state index contributed by atoms with van der Waals surface area (Å²) in [5.41, 5.74) is -1.31. The number of anilines is 1. The van der Waals surface area contributed by atoms with Gasteiger partial charge < -0.3 is 10.1 Å². The van der Waals surface area contributed by atoms with Crippen LogP contribution < -0.4 is 14.8 Å². The Hall–Kier alpha value is -2.01. The lowest BCUT2D eigenvalue weighted by atomic mass is 10.2. The van der Waals surface area contributed by atoms with Crippen LogP contribution in [0.4, 0.5) is 18.9 Å². The summed E-state index contributed by atoms with van der Waals surface area (Å²) in [4.78, 5) is 12.1. The Morgan fingerprint density at radius 3 is 2.37 bits per heavy atom. The number of rotatable bonds is 7. The lowest BCUT2D eigenvalue weighted by molar-refractivity contribution is -0.137. The Morgan fingerprint density at radius 2 is 1.80 bits per heavy atom. The molecule has 0 aliphatic heterocycles. The van der Waals surface area contributed by atoms with Crippen LogP contribution in [0.5, 0.6) is 5.75 Å². The smallest absolute Gasteiger partial charge is 0.416 e.